The van der Waals surface area contributed by atoms with Crippen LogP contribution in [0.25, 0.3) is 17.1 Å². The molecular formula is C29H31N5O3. The van der Waals surface area contributed by atoms with E-state index in [9.17, 15) is 4.79 Å². The van der Waals surface area contributed by atoms with Gasteiger partial charge >= 0.3 is 0 Å². The Morgan fingerprint density at radius 2 is 1.76 bits per heavy atom. The zero-order chi connectivity index (χ0) is 25.5. The molecule has 37 heavy (non-hydrogen) atoms. The minimum Gasteiger partial charge on any atom is -0.454 e. The van der Waals surface area contributed by atoms with Gasteiger partial charge in [-0.25, -0.2) is 4.68 Å². The maximum atomic E-state index is 13.8. The lowest BCUT2D eigenvalue weighted by Gasteiger charge is -2.34. The number of benzene rings is 2. The van der Waals surface area contributed by atoms with Crippen LogP contribution in [0.1, 0.15) is 27.2 Å². The third kappa shape index (κ3) is 4.49. The highest BCUT2D eigenvalue weighted by Crippen LogP contribution is 2.33. The second-order valence-corrected chi connectivity index (χ2v) is 9.88. The van der Waals surface area contributed by atoms with Crippen molar-refractivity contribution >= 4 is 5.91 Å². The molecule has 2 aliphatic rings. The van der Waals surface area contributed by atoms with E-state index in [1.165, 1.54) is 11.1 Å². The van der Waals surface area contributed by atoms with Gasteiger partial charge in [-0.1, -0.05) is 23.8 Å². The Hall–Kier alpha value is -4.04. The third-order valence-electron chi connectivity index (χ3n) is 7.22. The van der Waals surface area contributed by atoms with E-state index in [2.05, 4.69) is 36.9 Å². The van der Waals surface area contributed by atoms with Gasteiger partial charge in [-0.15, -0.1) is 0 Å². The van der Waals surface area contributed by atoms with Gasteiger partial charge in [-0.05, 0) is 61.4 Å². The van der Waals surface area contributed by atoms with Crippen molar-refractivity contribution in [2.75, 3.05) is 33.0 Å². The number of carbonyl (C=O) groups is 1. The van der Waals surface area contributed by atoms with Gasteiger partial charge in [0.2, 0.25) is 6.79 Å². The van der Waals surface area contributed by atoms with Crippen LogP contribution in [0, 0.1) is 13.8 Å². The lowest BCUT2D eigenvalue weighted by atomic mass is 10.1. The molecule has 8 nitrogen and oxygen atoms in total. The molecule has 4 aromatic rings. The Bertz CT molecular complexity index is 1460. The number of aryl methyl sites for hydroxylation is 3. The van der Waals surface area contributed by atoms with Gasteiger partial charge in [0.05, 0.1) is 11.4 Å². The highest BCUT2D eigenvalue weighted by molar-refractivity contribution is 5.94. The molecule has 2 aliphatic heterocycles. The maximum Gasteiger partial charge on any atom is 0.272 e. The van der Waals surface area contributed by atoms with Crippen molar-refractivity contribution in [1.82, 2.24) is 24.1 Å². The van der Waals surface area contributed by atoms with Gasteiger partial charge in [0.1, 0.15) is 11.4 Å². The summed E-state index contributed by atoms with van der Waals surface area (Å²) in [4.78, 5) is 18.2. The van der Waals surface area contributed by atoms with Crippen molar-refractivity contribution < 1.29 is 14.3 Å². The minimum atomic E-state index is 0.00987. The van der Waals surface area contributed by atoms with Crippen LogP contribution in [-0.2, 0) is 13.6 Å². The maximum absolute atomic E-state index is 13.8. The van der Waals surface area contributed by atoms with Crippen LogP contribution in [0.2, 0.25) is 0 Å². The molecule has 6 rings (SSSR count). The van der Waals surface area contributed by atoms with Crippen LogP contribution in [0.4, 0.5) is 0 Å². The molecule has 1 amide bonds. The summed E-state index contributed by atoms with van der Waals surface area (Å²) in [7, 11) is 1.99. The Labute approximate surface area is 216 Å². The van der Waals surface area contributed by atoms with E-state index in [1.54, 1.807) is 0 Å². The SMILES string of the molecule is Cc1ccc(-n2nc(-c3cccn3C)cc2C(=O)N2CCN(Cc3ccc4c(c3)OCO4)CC2)c(C)c1. The molecule has 0 saturated carbocycles. The quantitative estimate of drug-likeness (QED) is 0.414. The van der Waals surface area contributed by atoms with Crippen molar-refractivity contribution in [2.45, 2.75) is 20.4 Å². The van der Waals surface area contributed by atoms with E-state index in [0.717, 1.165) is 53.8 Å². The molecule has 0 radical (unpaired) electrons. The van der Waals surface area contributed by atoms with Crippen LogP contribution in [0.3, 0.4) is 0 Å². The molecular weight excluding hydrogens is 466 g/mol. The van der Waals surface area contributed by atoms with Crippen molar-refractivity contribution in [2.24, 2.45) is 7.05 Å². The normalized spacial score (nSPS) is 15.4. The summed E-state index contributed by atoms with van der Waals surface area (Å²) >= 11 is 0. The summed E-state index contributed by atoms with van der Waals surface area (Å²) < 4.78 is 14.8. The first-order chi connectivity index (χ1) is 18.0. The number of ether oxygens (including phenoxy) is 2. The molecule has 0 atom stereocenters. The van der Waals surface area contributed by atoms with Crippen molar-refractivity contribution in [1.29, 1.82) is 0 Å². The molecule has 0 N–H and O–H groups in total. The Balaban J connectivity index is 1.22. The number of carbonyl (C=O) groups excluding carboxylic acids is 1. The second kappa shape index (κ2) is 9.44. The number of nitrogens with zero attached hydrogens (tertiary/aromatic N) is 5. The Kier molecular flexibility index (Phi) is 5.96. The molecule has 0 spiro atoms. The fourth-order valence-corrected chi connectivity index (χ4v) is 5.18. The standard InChI is InChI=1S/C29H31N5O3/c1-20-6-8-24(21(2)15-20)34-26(17-23(30-34)25-5-4-10-31(25)3)29(35)33-13-11-32(12-14-33)18-22-7-9-27-28(16-22)37-19-36-27/h4-10,15-17H,11-14,18-19H2,1-3H3. The van der Waals surface area contributed by atoms with Crippen molar-refractivity contribution in [3.8, 4) is 28.6 Å². The third-order valence-corrected chi connectivity index (χ3v) is 7.22. The van der Waals surface area contributed by atoms with Crippen LogP contribution in [0.5, 0.6) is 11.5 Å². The first-order valence-corrected chi connectivity index (χ1v) is 12.7. The van der Waals surface area contributed by atoms with Crippen LogP contribution < -0.4 is 9.47 Å². The summed E-state index contributed by atoms with van der Waals surface area (Å²) in [5.74, 6) is 1.62. The number of aromatic nitrogens is 3. The van der Waals surface area contributed by atoms with Crippen LogP contribution >= 0.6 is 0 Å². The molecule has 190 valence electrons. The first kappa shape index (κ1) is 23.4. The monoisotopic (exact) mass is 497 g/mol. The minimum absolute atomic E-state index is 0.00987. The number of amides is 1. The predicted molar refractivity (Wildman–Crippen MR) is 141 cm³/mol. The molecule has 0 aliphatic carbocycles. The molecule has 1 fully saturated rings. The largest absolute Gasteiger partial charge is 0.454 e. The summed E-state index contributed by atoms with van der Waals surface area (Å²) in [6, 6.07) is 18.3. The second-order valence-electron chi connectivity index (χ2n) is 9.88. The predicted octanol–water partition coefficient (Wildman–Crippen LogP) is 4.18. The van der Waals surface area contributed by atoms with Crippen LogP contribution in [-0.4, -0.2) is 63.0 Å². The van der Waals surface area contributed by atoms with E-state index < -0.39 is 0 Å². The molecule has 8 heteroatoms. The zero-order valence-corrected chi connectivity index (χ0v) is 21.5. The van der Waals surface area contributed by atoms with Gasteiger partial charge in [-0.3, -0.25) is 9.69 Å². The average Bonchev–Trinajstić information content (AvgIpc) is 3.63. The molecule has 0 bridgehead atoms. The number of hydrogen-bond acceptors (Lipinski definition) is 5. The lowest BCUT2D eigenvalue weighted by molar-refractivity contribution is 0.0619. The van der Waals surface area contributed by atoms with Gasteiger partial charge in [-0.2, -0.15) is 5.10 Å². The summed E-state index contributed by atoms with van der Waals surface area (Å²) in [6.07, 6.45) is 1.99. The molecule has 2 aromatic heterocycles. The fraction of sp³-hybridized carbons (Fsp3) is 0.310. The topological polar surface area (TPSA) is 64.8 Å². The van der Waals surface area contributed by atoms with Crippen molar-refractivity contribution in [3.05, 3.63) is 83.2 Å². The number of piperazine rings is 1. The molecule has 1 saturated heterocycles. The van der Waals surface area contributed by atoms with E-state index in [4.69, 9.17) is 14.6 Å². The highest BCUT2D eigenvalue weighted by Gasteiger charge is 2.27. The number of hydrogen-bond donors (Lipinski definition) is 0. The average molecular weight is 498 g/mol. The van der Waals surface area contributed by atoms with Gasteiger partial charge in [0, 0.05) is 46.0 Å². The summed E-state index contributed by atoms with van der Waals surface area (Å²) in [5, 5.41) is 4.91. The molecule has 0 unspecified atom stereocenters. The summed E-state index contributed by atoms with van der Waals surface area (Å²) in [5.41, 5.74) is 6.74. The Morgan fingerprint density at radius 3 is 2.51 bits per heavy atom. The smallest absolute Gasteiger partial charge is 0.272 e. The van der Waals surface area contributed by atoms with Gasteiger partial charge < -0.3 is 18.9 Å². The number of fused-ring (bicyclic) bond motifs is 1. The lowest BCUT2D eigenvalue weighted by Crippen LogP contribution is -2.48. The van der Waals surface area contributed by atoms with E-state index in [0.29, 0.717) is 18.8 Å². The van der Waals surface area contributed by atoms with E-state index in [-0.39, 0.29) is 12.7 Å². The molecule has 2 aromatic carbocycles. The molecule has 4 heterocycles. The van der Waals surface area contributed by atoms with Crippen LogP contribution in [0.15, 0.2) is 60.8 Å². The highest BCUT2D eigenvalue weighted by atomic mass is 16.7. The Morgan fingerprint density at radius 1 is 0.946 bits per heavy atom. The van der Waals surface area contributed by atoms with Gasteiger partial charge in [0.15, 0.2) is 11.5 Å². The van der Waals surface area contributed by atoms with Crippen molar-refractivity contribution in [3.63, 3.8) is 0 Å². The van der Waals surface area contributed by atoms with Gasteiger partial charge in [0.25, 0.3) is 5.91 Å². The fourth-order valence-electron chi connectivity index (χ4n) is 5.18. The first-order valence-electron chi connectivity index (χ1n) is 12.7. The summed E-state index contributed by atoms with van der Waals surface area (Å²) in [6.45, 7) is 8.19. The zero-order valence-electron chi connectivity index (χ0n) is 21.5. The van der Waals surface area contributed by atoms with E-state index in [1.807, 2.05) is 63.8 Å². The number of rotatable bonds is 5. The van der Waals surface area contributed by atoms with E-state index >= 15 is 0 Å².